The Balaban J connectivity index is 1.96. The van der Waals surface area contributed by atoms with Gasteiger partial charge in [-0.15, -0.1) is 0 Å². The molecule has 37 heavy (non-hydrogen) atoms. The Kier molecular flexibility index (Phi) is 8.07. The number of hydrogen-bond acceptors (Lipinski definition) is 4. The average molecular weight is 551 g/mol. The number of rotatable bonds is 8. The Morgan fingerprint density at radius 1 is 1.00 bits per heavy atom. The van der Waals surface area contributed by atoms with Crippen molar-refractivity contribution in [3.05, 3.63) is 93.5 Å². The second kappa shape index (κ2) is 11.4. The first-order valence-corrected chi connectivity index (χ1v) is 13.1. The number of carbonyl (C=O) groups excluding carboxylic acids is 1. The normalized spacial score (nSPS) is 10.8. The predicted octanol–water partition coefficient (Wildman–Crippen LogP) is 8.84. The molecular weight excluding hydrogens is 524 g/mol. The number of benzene rings is 4. The number of ether oxygens (including phenoxy) is 1. The summed E-state index contributed by atoms with van der Waals surface area (Å²) in [6.07, 6.45) is 2.14. The van der Waals surface area contributed by atoms with Gasteiger partial charge in [-0.05, 0) is 78.1 Å². The molecule has 4 rings (SSSR count). The number of Topliss-reactive ketones (excluding diaryl/α,β-unsaturated/α-hetero) is 1. The van der Waals surface area contributed by atoms with E-state index < -0.39 is 0 Å². The Morgan fingerprint density at radius 2 is 1.78 bits per heavy atom. The average Bonchev–Trinajstić information content (AvgIpc) is 2.87. The lowest BCUT2D eigenvalue weighted by Gasteiger charge is -2.20. The molecule has 0 N–H and O–H groups in total. The number of aryl methyl sites for hydroxylation is 1. The van der Waals surface area contributed by atoms with Crippen LogP contribution in [-0.2, 0) is 11.2 Å². The van der Waals surface area contributed by atoms with Crippen LogP contribution in [0, 0.1) is 22.7 Å². The Bertz CT molecular complexity index is 1570. The molecule has 4 nitrogen and oxygen atoms in total. The molecule has 0 aromatic heterocycles. The molecule has 0 fully saturated rings. The van der Waals surface area contributed by atoms with Crippen LogP contribution in [0.3, 0.4) is 0 Å². The zero-order valence-corrected chi connectivity index (χ0v) is 22.7. The number of nitriles is 2. The van der Waals surface area contributed by atoms with Gasteiger partial charge in [-0.2, -0.15) is 10.5 Å². The lowest BCUT2D eigenvalue weighted by Crippen LogP contribution is -2.00. The molecule has 0 saturated heterocycles. The second-order valence-corrected chi connectivity index (χ2v) is 10.4. The van der Waals surface area contributed by atoms with E-state index in [1.54, 1.807) is 13.0 Å². The molecule has 0 aliphatic rings. The molecule has 0 heterocycles. The smallest absolute Gasteiger partial charge is 0.139 e. The van der Waals surface area contributed by atoms with Crippen LogP contribution in [0.1, 0.15) is 61.8 Å². The number of hydrogen-bond donors (Lipinski definition) is 0. The van der Waals surface area contributed by atoms with Gasteiger partial charge >= 0.3 is 0 Å². The Morgan fingerprint density at radius 3 is 2.46 bits per heavy atom. The van der Waals surface area contributed by atoms with Crippen molar-refractivity contribution in [3.8, 4) is 34.8 Å². The first kappa shape index (κ1) is 26.1. The SMILES string of the molecule is CC(=O)CCCc1cccc(Oc2c(C(C)C)ccc3cc(C#N)c(C#N)c(-c4cccc(Br)c4)c23)c1. The summed E-state index contributed by atoms with van der Waals surface area (Å²) in [5.41, 5.74) is 4.29. The van der Waals surface area contributed by atoms with E-state index in [0.29, 0.717) is 34.6 Å². The molecule has 4 aromatic rings. The van der Waals surface area contributed by atoms with Gasteiger partial charge in [0.15, 0.2) is 0 Å². The van der Waals surface area contributed by atoms with Gasteiger partial charge in [0, 0.05) is 21.8 Å². The van der Waals surface area contributed by atoms with Crippen LogP contribution in [0.4, 0.5) is 0 Å². The Hall–Kier alpha value is -3.93. The summed E-state index contributed by atoms with van der Waals surface area (Å²) in [4.78, 5) is 11.4. The molecule has 0 bridgehead atoms. The quantitative estimate of drug-likeness (QED) is 0.219. The minimum Gasteiger partial charge on any atom is -0.456 e. The van der Waals surface area contributed by atoms with E-state index in [0.717, 1.165) is 44.8 Å². The zero-order valence-electron chi connectivity index (χ0n) is 21.1. The van der Waals surface area contributed by atoms with Crippen LogP contribution in [0.2, 0.25) is 0 Å². The van der Waals surface area contributed by atoms with Crippen molar-refractivity contribution in [2.24, 2.45) is 0 Å². The maximum Gasteiger partial charge on any atom is 0.139 e. The van der Waals surface area contributed by atoms with Crippen molar-refractivity contribution in [2.75, 3.05) is 0 Å². The third-order valence-corrected chi connectivity index (χ3v) is 6.86. The van der Waals surface area contributed by atoms with Crippen molar-refractivity contribution in [1.29, 1.82) is 10.5 Å². The number of ketones is 1. The van der Waals surface area contributed by atoms with Crippen molar-refractivity contribution < 1.29 is 9.53 Å². The number of nitrogens with zero attached hydrogens (tertiary/aromatic N) is 2. The summed E-state index contributed by atoms with van der Waals surface area (Å²) in [6.45, 7) is 5.84. The minimum atomic E-state index is 0.162. The first-order valence-electron chi connectivity index (χ1n) is 12.3. The van der Waals surface area contributed by atoms with E-state index in [4.69, 9.17) is 4.74 Å². The number of fused-ring (bicyclic) bond motifs is 1. The van der Waals surface area contributed by atoms with Crippen molar-refractivity contribution >= 4 is 32.5 Å². The standard InChI is InChI=1S/C32H27BrN2O2/c1-20(2)28-14-13-24-16-25(18-34)29(19-35)30(23-10-6-11-26(33)17-23)31(24)32(28)37-27-12-5-9-22(15-27)8-4-7-21(3)36/h5-6,9-17,20H,4,7-8H2,1-3H3. The van der Waals surface area contributed by atoms with Gasteiger partial charge in [0.1, 0.15) is 29.4 Å². The zero-order chi connectivity index (χ0) is 26.5. The summed E-state index contributed by atoms with van der Waals surface area (Å²) in [5, 5.41) is 21.7. The molecule has 184 valence electrons. The van der Waals surface area contributed by atoms with Crippen LogP contribution in [0.25, 0.3) is 21.9 Å². The molecule has 0 saturated carbocycles. The number of carbonyl (C=O) groups is 1. The molecular formula is C32H27BrN2O2. The topological polar surface area (TPSA) is 73.9 Å². The predicted molar refractivity (Wildman–Crippen MR) is 151 cm³/mol. The summed E-state index contributed by atoms with van der Waals surface area (Å²) >= 11 is 3.55. The van der Waals surface area contributed by atoms with Crippen LogP contribution in [-0.4, -0.2) is 5.78 Å². The van der Waals surface area contributed by atoms with Gasteiger partial charge in [0.2, 0.25) is 0 Å². The van der Waals surface area contributed by atoms with Gasteiger partial charge in [0.05, 0.1) is 11.1 Å². The summed E-state index contributed by atoms with van der Waals surface area (Å²) in [7, 11) is 0. The summed E-state index contributed by atoms with van der Waals surface area (Å²) in [5.74, 6) is 1.73. The Labute approximate surface area is 226 Å². The highest BCUT2D eigenvalue weighted by Crippen LogP contribution is 2.45. The molecule has 0 atom stereocenters. The minimum absolute atomic E-state index is 0.162. The first-order chi connectivity index (χ1) is 17.8. The fraction of sp³-hybridized carbons (Fsp3) is 0.219. The molecule has 0 aliphatic carbocycles. The number of halogens is 1. The van der Waals surface area contributed by atoms with Gasteiger partial charge in [-0.1, -0.05) is 66.2 Å². The van der Waals surface area contributed by atoms with Gasteiger partial charge in [-0.25, -0.2) is 0 Å². The molecule has 0 unspecified atom stereocenters. The fourth-order valence-corrected chi connectivity index (χ4v) is 5.00. The molecule has 0 radical (unpaired) electrons. The van der Waals surface area contributed by atoms with Gasteiger partial charge < -0.3 is 9.53 Å². The van der Waals surface area contributed by atoms with E-state index in [1.165, 1.54) is 0 Å². The third-order valence-electron chi connectivity index (χ3n) is 6.37. The van der Waals surface area contributed by atoms with Crippen LogP contribution in [0.15, 0.2) is 71.2 Å². The van der Waals surface area contributed by atoms with Crippen molar-refractivity contribution in [1.82, 2.24) is 0 Å². The molecule has 0 spiro atoms. The largest absolute Gasteiger partial charge is 0.456 e. The maximum absolute atomic E-state index is 11.4. The lowest BCUT2D eigenvalue weighted by molar-refractivity contribution is -0.117. The summed E-state index contributed by atoms with van der Waals surface area (Å²) < 4.78 is 7.53. The van der Waals surface area contributed by atoms with Crippen LogP contribution >= 0.6 is 15.9 Å². The second-order valence-electron chi connectivity index (χ2n) is 9.45. The summed E-state index contributed by atoms with van der Waals surface area (Å²) in [6, 6.07) is 26.0. The van der Waals surface area contributed by atoms with Crippen LogP contribution < -0.4 is 4.74 Å². The molecule has 4 aromatic carbocycles. The third kappa shape index (κ3) is 5.74. The highest BCUT2D eigenvalue weighted by Gasteiger charge is 2.22. The van der Waals surface area contributed by atoms with E-state index in [9.17, 15) is 15.3 Å². The molecule has 5 heteroatoms. The monoisotopic (exact) mass is 550 g/mol. The van der Waals surface area contributed by atoms with Gasteiger partial charge in [0.25, 0.3) is 0 Å². The van der Waals surface area contributed by atoms with E-state index in [1.807, 2.05) is 60.7 Å². The lowest BCUT2D eigenvalue weighted by atomic mass is 9.87. The van der Waals surface area contributed by atoms with Crippen molar-refractivity contribution in [2.45, 2.75) is 46.0 Å². The van der Waals surface area contributed by atoms with Gasteiger partial charge in [-0.3, -0.25) is 0 Å². The van der Waals surface area contributed by atoms with E-state index in [2.05, 4.69) is 41.9 Å². The highest BCUT2D eigenvalue weighted by atomic mass is 79.9. The van der Waals surface area contributed by atoms with E-state index >= 15 is 0 Å². The highest BCUT2D eigenvalue weighted by molar-refractivity contribution is 9.10. The fourth-order valence-electron chi connectivity index (χ4n) is 4.60. The maximum atomic E-state index is 11.4. The molecule has 0 amide bonds. The van der Waals surface area contributed by atoms with Crippen LogP contribution in [0.5, 0.6) is 11.5 Å². The van der Waals surface area contributed by atoms with E-state index in [-0.39, 0.29) is 11.7 Å². The molecule has 0 aliphatic heterocycles. The van der Waals surface area contributed by atoms with Crippen molar-refractivity contribution in [3.63, 3.8) is 0 Å².